The van der Waals surface area contributed by atoms with Crippen LogP contribution >= 0.6 is 11.3 Å². The molecule has 0 spiro atoms. The molecule has 0 saturated carbocycles. The highest BCUT2D eigenvalue weighted by molar-refractivity contribution is 7.09. The molecule has 0 aliphatic heterocycles. The molecule has 0 fully saturated rings. The van der Waals surface area contributed by atoms with Gasteiger partial charge in [-0.25, -0.2) is 9.97 Å². The number of hydrogen-bond acceptors (Lipinski definition) is 3. The van der Waals surface area contributed by atoms with Crippen molar-refractivity contribution < 1.29 is 0 Å². The lowest BCUT2D eigenvalue weighted by molar-refractivity contribution is 0.695. The third-order valence-electron chi connectivity index (χ3n) is 3.25. The smallest absolute Gasteiger partial charge is 0.106 e. The van der Waals surface area contributed by atoms with Crippen LogP contribution in [-0.4, -0.2) is 14.5 Å². The fourth-order valence-electron chi connectivity index (χ4n) is 2.26. The number of nitrogens with zero attached hydrogens (tertiary/aromatic N) is 3. The quantitative estimate of drug-likeness (QED) is 0.720. The van der Waals surface area contributed by atoms with E-state index in [0.29, 0.717) is 0 Å². The van der Waals surface area contributed by atoms with Gasteiger partial charge < -0.3 is 4.57 Å². The van der Waals surface area contributed by atoms with Gasteiger partial charge in [0.2, 0.25) is 0 Å². The van der Waals surface area contributed by atoms with E-state index < -0.39 is 0 Å². The molecular weight excluding hydrogens is 242 g/mol. The minimum Gasteiger partial charge on any atom is -0.328 e. The zero-order valence-corrected chi connectivity index (χ0v) is 11.4. The van der Waals surface area contributed by atoms with E-state index >= 15 is 0 Å². The van der Waals surface area contributed by atoms with Gasteiger partial charge in [-0.2, -0.15) is 0 Å². The second-order valence-electron chi connectivity index (χ2n) is 4.41. The molecule has 18 heavy (non-hydrogen) atoms. The number of benzene rings is 1. The number of imidazole rings is 1. The summed E-state index contributed by atoms with van der Waals surface area (Å²) >= 11 is 1.74. The third kappa shape index (κ3) is 1.93. The van der Waals surface area contributed by atoms with Crippen molar-refractivity contribution in [2.75, 3.05) is 0 Å². The van der Waals surface area contributed by atoms with Gasteiger partial charge in [0.25, 0.3) is 0 Å². The van der Waals surface area contributed by atoms with E-state index in [2.05, 4.69) is 46.6 Å². The standard InChI is InChI=1S/C14H15N3S/c1-10-14(18-9-15-10)7-8-17-11(2)16-12-5-3-4-6-13(12)17/h3-6,9H,7-8H2,1-2H3. The van der Waals surface area contributed by atoms with Gasteiger partial charge in [-0.1, -0.05) is 12.1 Å². The number of hydrogen-bond donors (Lipinski definition) is 0. The summed E-state index contributed by atoms with van der Waals surface area (Å²) in [6.45, 7) is 5.11. The Morgan fingerprint density at radius 3 is 2.83 bits per heavy atom. The van der Waals surface area contributed by atoms with Gasteiger partial charge in [-0.15, -0.1) is 11.3 Å². The number of para-hydroxylation sites is 2. The maximum absolute atomic E-state index is 4.59. The van der Waals surface area contributed by atoms with E-state index in [-0.39, 0.29) is 0 Å². The van der Waals surface area contributed by atoms with E-state index in [1.807, 2.05) is 11.6 Å². The summed E-state index contributed by atoms with van der Waals surface area (Å²) in [5.41, 5.74) is 5.37. The number of fused-ring (bicyclic) bond motifs is 1. The van der Waals surface area contributed by atoms with E-state index in [1.54, 1.807) is 11.3 Å². The Hall–Kier alpha value is -1.68. The van der Waals surface area contributed by atoms with Crippen LogP contribution in [0.3, 0.4) is 0 Å². The topological polar surface area (TPSA) is 30.7 Å². The van der Waals surface area contributed by atoms with Crippen molar-refractivity contribution in [1.82, 2.24) is 14.5 Å². The van der Waals surface area contributed by atoms with E-state index in [4.69, 9.17) is 0 Å². The fraction of sp³-hybridized carbons (Fsp3) is 0.286. The van der Waals surface area contributed by atoms with Crippen molar-refractivity contribution in [3.63, 3.8) is 0 Å². The number of rotatable bonds is 3. The molecule has 0 aliphatic carbocycles. The van der Waals surface area contributed by atoms with Crippen LogP contribution in [0.25, 0.3) is 11.0 Å². The Morgan fingerprint density at radius 1 is 1.22 bits per heavy atom. The molecule has 92 valence electrons. The van der Waals surface area contributed by atoms with Crippen LogP contribution in [-0.2, 0) is 13.0 Å². The van der Waals surface area contributed by atoms with E-state index in [9.17, 15) is 0 Å². The molecular formula is C14H15N3S. The molecule has 1 aromatic carbocycles. The number of aryl methyl sites for hydroxylation is 4. The Labute approximate surface area is 110 Å². The zero-order valence-electron chi connectivity index (χ0n) is 10.6. The Bertz CT molecular complexity index is 681. The fourth-order valence-corrected chi connectivity index (χ4v) is 3.03. The van der Waals surface area contributed by atoms with Crippen LogP contribution in [0.1, 0.15) is 16.4 Å². The molecule has 0 aliphatic rings. The predicted octanol–water partition coefficient (Wildman–Crippen LogP) is 3.35. The molecule has 2 heterocycles. The molecule has 0 N–H and O–H groups in total. The SMILES string of the molecule is Cc1ncsc1CCn1c(C)nc2ccccc21. The highest BCUT2D eigenvalue weighted by Crippen LogP contribution is 2.18. The van der Waals surface area contributed by atoms with Gasteiger partial charge in [0.1, 0.15) is 5.82 Å². The summed E-state index contributed by atoms with van der Waals surface area (Å²) in [5, 5.41) is 0. The molecule has 0 radical (unpaired) electrons. The predicted molar refractivity (Wildman–Crippen MR) is 75.0 cm³/mol. The summed E-state index contributed by atoms with van der Waals surface area (Å²) in [6, 6.07) is 8.30. The lowest BCUT2D eigenvalue weighted by atomic mass is 10.3. The largest absolute Gasteiger partial charge is 0.328 e. The summed E-state index contributed by atoms with van der Waals surface area (Å²) in [7, 11) is 0. The molecule has 3 rings (SSSR count). The summed E-state index contributed by atoms with van der Waals surface area (Å²) < 4.78 is 2.29. The van der Waals surface area contributed by atoms with E-state index in [1.165, 1.54) is 10.4 Å². The molecule has 0 unspecified atom stereocenters. The van der Waals surface area contributed by atoms with Crippen LogP contribution in [0.4, 0.5) is 0 Å². The molecule has 0 bridgehead atoms. The normalized spacial score (nSPS) is 11.2. The maximum Gasteiger partial charge on any atom is 0.106 e. The van der Waals surface area contributed by atoms with Crippen molar-refractivity contribution in [3.8, 4) is 0 Å². The minimum absolute atomic E-state index is 0.968. The van der Waals surface area contributed by atoms with Gasteiger partial charge in [0.05, 0.1) is 22.2 Å². The average Bonchev–Trinajstić information content (AvgIpc) is 2.90. The Balaban J connectivity index is 1.91. The highest BCUT2D eigenvalue weighted by Gasteiger charge is 2.08. The lowest BCUT2D eigenvalue weighted by Gasteiger charge is -2.06. The first-order valence-electron chi connectivity index (χ1n) is 6.06. The molecule has 3 nitrogen and oxygen atoms in total. The van der Waals surface area contributed by atoms with Crippen molar-refractivity contribution in [3.05, 3.63) is 46.2 Å². The van der Waals surface area contributed by atoms with Crippen LogP contribution < -0.4 is 0 Å². The molecule has 4 heteroatoms. The number of thiazole rings is 1. The van der Waals surface area contributed by atoms with Gasteiger partial charge in [-0.05, 0) is 26.0 Å². The Morgan fingerprint density at radius 2 is 2.06 bits per heavy atom. The zero-order chi connectivity index (χ0) is 12.5. The summed E-state index contributed by atoms with van der Waals surface area (Å²) in [4.78, 5) is 10.2. The highest BCUT2D eigenvalue weighted by atomic mass is 32.1. The molecule has 0 amide bonds. The second kappa shape index (κ2) is 4.53. The van der Waals surface area contributed by atoms with E-state index in [0.717, 1.165) is 30.0 Å². The van der Waals surface area contributed by atoms with Gasteiger partial charge in [-0.3, -0.25) is 0 Å². The molecule has 2 aromatic heterocycles. The average molecular weight is 257 g/mol. The summed E-state index contributed by atoms with van der Waals surface area (Å²) in [6.07, 6.45) is 1.03. The third-order valence-corrected chi connectivity index (χ3v) is 4.25. The monoisotopic (exact) mass is 257 g/mol. The van der Waals surface area contributed by atoms with Gasteiger partial charge in [0, 0.05) is 17.8 Å². The van der Waals surface area contributed by atoms with Crippen molar-refractivity contribution >= 4 is 22.4 Å². The lowest BCUT2D eigenvalue weighted by Crippen LogP contribution is -2.03. The van der Waals surface area contributed by atoms with Crippen LogP contribution in [0.5, 0.6) is 0 Å². The minimum atomic E-state index is 0.968. The van der Waals surface area contributed by atoms with Gasteiger partial charge >= 0.3 is 0 Å². The Kier molecular flexibility index (Phi) is 2.88. The first-order chi connectivity index (χ1) is 8.75. The van der Waals surface area contributed by atoms with Crippen molar-refractivity contribution in [2.45, 2.75) is 26.8 Å². The van der Waals surface area contributed by atoms with Gasteiger partial charge in [0.15, 0.2) is 0 Å². The van der Waals surface area contributed by atoms with Crippen molar-refractivity contribution in [1.29, 1.82) is 0 Å². The van der Waals surface area contributed by atoms with Crippen LogP contribution in [0.15, 0.2) is 29.8 Å². The number of aromatic nitrogens is 3. The first-order valence-corrected chi connectivity index (χ1v) is 6.94. The van der Waals surface area contributed by atoms with Crippen LogP contribution in [0, 0.1) is 13.8 Å². The first kappa shape index (κ1) is 11.4. The molecule has 3 aromatic rings. The second-order valence-corrected chi connectivity index (χ2v) is 5.35. The maximum atomic E-state index is 4.59. The molecule has 0 atom stereocenters. The molecule has 0 saturated heterocycles. The van der Waals surface area contributed by atoms with Crippen molar-refractivity contribution in [2.24, 2.45) is 0 Å². The summed E-state index contributed by atoms with van der Waals surface area (Å²) in [5.74, 6) is 1.08. The van der Waals surface area contributed by atoms with Crippen LogP contribution in [0.2, 0.25) is 0 Å².